The molecule has 1 N–H and O–H groups in total. The molecule has 1 aromatic carbocycles. The van der Waals surface area contributed by atoms with Crippen LogP contribution in [0.5, 0.6) is 11.5 Å². The normalized spacial score (nSPS) is 15.2. The molecule has 1 aliphatic heterocycles. The number of rotatable bonds is 22. The highest BCUT2D eigenvalue weighted by atomic mass is 32.2. The molecule has 0 radical (unpaired) electrons. The van der Waals surface area contributed by atoms with Gasteiger partial charge in [-0.2, -0.15) is 0 Å². The lowest BCUT2D eigenvalue weighted by atomic mass is 10.1. The van der Waals surface area contributed by atoms with Crippen molar-refractivity contribution in [3.63, 3.8) is 0 Å². The molecule has 0 saturated carbocycles. The summed E-state index contributed by atoms with van der Waals surface area (Å²) >= 11 is 6.89. The first-order valence-corrected chi connectivity index (χ1v) is 16.5. The number of carbonyl (C=O) groups is 2. The number of carboxylic acid groups (broad SMARTS) is 1. The highest BCUT2D eigenvalue weighted by Gasteiger charge is 2.31. The fourth-order valence-corrected chi connectivity index (χ4v) is 6.05. The maximum absolute atomic E-state index is 13.1. The van der Waals surface area contributed by atoms with Crippen LogP contribution in [0.3, 0.4) is 0 Å². The van der Waals surface area contributed by atoms with Gasteiger partial charge in [0.2, 0.25) is 0 Å². The third-order valence-corrected chi connectivity index (χ3v) is 8.38. The van der Waals surface area contributed by atoms with Crippen molar-refractivity contribution in [3.8, 4) is 11.5 Å². The topological polar surface area (TPSA) is 76.1 Å². The quantitative estimate of drug-likeness (QED) is 0.0819. The van der Waals surface area contributed by atoms with Gasteiger partial charge in [0, 0.05) is 13.0 Å². The number of thiocarbonyl (C=S) groups is 1. The molecule has 6 nitrogen and oxygen atoms in total. The zero-order valence-electron chi connectivity index (χ0n) is 24.8. The van der Waals surface area contributed by atoms with E-state index < -0.39 is 5.97 Å². The molecule has 1 saturated heterocycles. The zero-order valence-corrected chi connectivity index (χ0v) is 26.4. The van der Waals surface area contributed by atoms with Crippen LogP contribution >= 0.6 is 24.0 Å². The minimum Gasteiger partial charge on any atom is -0.490 e. The third kappa shape index (κ3) is 13.1. The fraction of sp³-hybridized carbons (Fsp3) is 0.656. The van der Waals surface area contributed by atoms with E-state index in [1.807, 2.05) is 31.2 Å². The number of carbonyl (C=O) groups excluding carboxylic acids is 1. The molecule has 0 spiro atoms. The Kier molecular flexibility index (Phi) is 17.0. The molecule has 0 bridgehead atoms. The van der Waals surface area contributed by atoms with Crippen molar-refractivity contribution in [3.05, 3.63) is 28.7 Å². The van der Waals surface area contributed by atoms with E-state index in [1.54, 1.807) is 4.90 Å². The Hall–Kier alpha value is -2.06. The molecule has 0 aromatic heterocycles. The highest BCUT2D eigenvalue weighted by Crippen LogP contribution is 2.35. The molecular formula is C32H49NO5S2. The number of amides is 1. The van der Waals surface area contributed by atoms with E-state index in [1.165, 1.54) is 43.9 Å². The van der Waals surface area contributed by atoms with Crippen LogP contribution in [0.1, 0.15) is 123 Å². The second-order valence-corrected chi connectivity index (χ2v) is 12.3. The molecule has 0 aliphatic carbocycles. The first kappa shape index (κ1) is 34.1. The highest BCUT2D eigenvalue weighted by molar-refractivity contribution is 8.26. The minimum atomic E-state index is -0.711. The van der Waals surface area contributed by atoms with E-state index in [0.29, 0.717) is 28.1 Å². The summed E-state index contributed by atoms with van der Waals surface area (Å²) in [6, 6.07) is 5.86. The van der Waals surface area contributed by atoms with Crippen molar-refractivity contribution in [1.82, 2.24) is 4.90 Å². The van der Waals surface area contributed by atoms with Gasteiger partial charge < -0.3 is 14.6 Å². The largest absolute Gasteiger partial charge is 0.490 e. The van der Waals surface area contributed by atoms with Crippen LogP contribution in [0.15, 0.2) is 23.1 Å². The first-order chi connectivity index (χ1) is 19.3. The van der Waals surface area contributed by atoms with Crippen molar-refractivity contribution in [2.45, 2.75) is 123 Å². The van der Waals surface area contributed by atoms with Gasteiger partial charge in [0.05, 0.1) is 17.6 Å². The second-order valence-electron chi connectivity index (χ2n) is 10.6. The van der Waals surface area contributed by atoms with Crippen molar-refractivity contribution >= 4 is 46.3 Å². The van der Waals surface area contributed by atoms with Gasteiger partial charge in [0.15, 0.2) is 11.5 Å². The lowest BCUT2D eigenvalue weighted by Crippen LogP contribution is -2.29. The van der Waals surface area contributed by atoms with Crippen LogP contribution in [0.25, 0.3) is 6.08 Å². The summed E-state index contributed by atoms with van der Waals surface area (Å²) in [7, 11) is 0. The van der Waals surface area contributed by atoms with Crippen LogP contribution in [0, 0.1) is 0 Å². The van der Waals surface area contributed by atoms with E-state index in [0.717, 1.165) is 69.1 Å². The van der Waals surface area contributed by atoms with Crippen molar-refractivity contribution < 1.29 is 24.2 Å². The number of aliphatic carboxylic acids is 1. The van der Waals surface area contributed by atoms with Crippen molar-refractivity contribution in [2.24, 2.45) is 0 Å². The van der Waals surface area contributed by atoms with Crippen molar-refractivity contribution in [2.75, 3.05) is 13.2 Å². The van der Waals surface area contributed by atoms with Crippen LogP contribution in [0.4, 0.5) is 0 Å². The van der Waals surface area contributed by atoms with Gasteiger partial charge in [-0.3, -0.25) is 14.5 Å². The van der Waals surface area contributed by atoms with Gasteiger partial charge in [0.1, 0.15) is 4.32 Å². The number of benzene rings is 1. The fourth-order valence-electron chi connectivity index (χ4n) is 4.74. The van der Waals surface area contributed by atoms with Gasteiger partial charge in [-0.15, -0.1) is 0 Å². The third-order valence-electron chi connectivity index (χ3n) is 7.00. The molecule has 2 rings (SSSR count). The van der Waals surface area contributed by atoms with Crippen LogP contribution in [0.2, 0.25) is 0 Å². The molecular weight excluding hydrogens is 542 g/mol. The number of carboxylic acids is 1. The molecule has 8 heteroatoms. The SMILES string of the molecule is CCCCCCCC(C)Oc1ccc(/C=C2/SC(=S)N(CCCCCCCCCCC(=O)O)C2=O)cc1OCC. The molecule has 1 heterocycles. The Morgan fingerprint density at radius 2 is 1.62 bits per heavy atom. The van der Waals surface area contributed by atoms with Gasteiger partial charge in [-0.1, -0.05) is 101 Å². The smallest absolute Gasteiger partial charge is 0.303 e. The Morgan fingerprint density at radius 3 is 2.30 bits per heavy atom. The van der Waals surface area contributed by atoms with Gasteiger partial charge in [-0.25, -0.2) is 0 Å². The lowest BCUT2D eigenvalue weighted by molar-refractivity contribution is -0.137. The maximum Gasteiger partial charge on any atom is 0.303 e. The zero-order chi connectivity index (χ0) is 29.2. The lowest BCUT2D eigenvalue weighted by Gasteiger charge is -2.18. The molecule has 40 heavy (non-hydrogen) atoms. The number of ether oxygens (including phenoxy) is 2. The van der Waals surface area contributed by atoms with Gasteiger partial charge in [0.25, 0.3) is 5.91 Å². The summed E-state index contributed by atoms with van der Waals surface area (Å²) in [6.07, 6.45) is 17.8. The number of nitrogens with zero attached hydrogens (tertiary/aromatic N) is 1. The summed E-state index contributed by atoms with van der Waals surface area (Å²) in [4.78, 5) is 26.0. The summed E-state index contributed by atoms with van der Waals surface area (Å²) in [6.45, 7) is 7.49. The molecule has 1 fully saturated rings. The monoisotopic (exact) mass is 591 g/mol. The molecule has 1 atom stereocenters. The summed E-state index contributed by atoms with van der Waals surface area (Å²) < 4.78 is 12.7. The average molecular weight is 592 g/mol. The Labute approximate surface area is 251 Å². The van der Waals surface area contributed by atoms with E-state index in [9.17, 15) is 9.59 Å². The van der Waals surface area contributed by atoms with Gasteiger partial charge in [-0.05, 0) is 63.3 Å². The number of hydrogen-bond acceptors (Lipinski definition) is 6. The van der Waals surface area contributed by atoms with Gasteiger partial charge >= 0.3 is 5.97 Å². The first-order valence-electron chi connectivity index (χ1n) is 15.3. The van der Waals surface area contributed by atoms with E-state index in [-0.39, 0.29) is 18.4 Å². The van der Waals surface area contributed by atoms with E-state index in [2.05, 4.69) is 13.8 Å². The summed E-state index contributed by atoms with van der Waals surface area (Å²) in [5.74, 6) is 0.708. The van der Waals surface area contributed by atoms with Crippen LogP contribution in [-0.4, -0.2) is 45.5 Å². The van der Waals surface area contributed by atoms with Crippen LogP contribution < -0.4 is 9.47 Å². The average Bonchev–Trinajstić information content (AvgIpc) is 3.18. The van der Waals surface area contributed by atoms with Crippen molar-refractivity contribution in [1.29, 1.82) is 0 Å². The van der Waals surface area contributed by atoms with E-state index >= 15 is 0 Å². The molecule has 1 aliphatic rings. The standard InChI is InChI=1S/C32H49NO5S2/c1-4-6-7-12-15-18-25(3)38-27-21-20-26(23-28(27)37-5-2)24-29-31(36)33(32(39)40-29)22-17-14-11-9-8-10-13-16-19-30(34)35/h20-21,23-25H,4-19,22H2,1-3H3,(H,34,35)/b29-24+. The van der Waals surface area contributed by atoms with Crippen LogP contribution in [-0.2, 0) is 9.59 Å². The predicted octanol–water partition coefficient (Wildman–Crippen LogP) is 9.01. The Bertz CT molecular complexity index is 965. The maximum atomic E-state index is 13.1. The van der Waals surface area contributed by atoms with E-state index in [4.69, 9.17) is 26.8 Å². The minimum absolute atomic E-state index is 0.0246. The molecule has 224 valence electrons. The summed E-state index contributed by atoms with van der Waals surface area (Å²) in [5.41, 5.74) is 0.895. The Balaban J connectivity index is 1.82. The Morgan fingerprint density at radius 1 is 0.975 bits per heavy atom. The number of unbranched alkanes of at least 4 members (excludes halogenated alkanes) is 11. The summed E-state index contributed by atoms with van der Waals surface area (Å²) in [5, 5.41) is 8.68. The number of thioether (sulfide) groups is 1. The number of hydrogen-bond donors (Lipinski definition) is 1. The predicted molar refractivity (Wildman–Crippen MR) is 170 cm³/mol. The second kappa shape index (κ2) is 19.9. The molecule has 1 aromatic rings. The molecule has 1 amide bonds. The molecule has 1 unspecified atom stereocenters.